The Morgan fingerprint density at radius 3 is 2.61 bits per heavy atom. The predicted molar refractivity (Wildman–Crippen MR) is 81.1 cm³/mol. The van der Waals surface area contributed by atoms with Crippen molar-refractivity contribution in [1.29, 1.82) is 0 Å². The molecule has 0 atom stereocenters. The lowest BCUT2D eigenvalue weighted by Gasteiger charge is -2.31. The minimum absolute atomic E-state index is 0.597. The van der Waals surface area contributed by atoms with Gasteiger partial charge in [0.15, 0.2) is 0 Å². The van der Waals surface area contributed by atoms with Gasteiger partial charge in [0.05, 0.1) is 0 Å². The van der Waals surface area contributed by atoms with Crippen LogP contribution in [-0.2, 0) is 6.54 Å². The largest absolute Gasteiger partial charge is 0.311 e. The zero-order chi connectivity index (χ0) is 13.0. The van der Waals surface area contributed by atoms with Crippen molar-refractivity contribution in [2.45, 2.75) is 59.4 Å². The molecule has 1 heterocycles. The Morgan fingerprint density at radius 1 is 1.33 bits per heavy atom. The van der Waals surface area contributed by atoms with Crippen LogP contribution in [0.15, 0.2) is 11.4 Å². The number of thiophene rings is 1. The van der Waals surface area contributed by atoms with Crippen LogP contribution in [-0.4, -0.2) is 6.54 Å². The van der Waals surface area contributed by atoms with Crippen molar-refractivity contribution in [2.24, 2.45) is 11.3 Å². The molecule has 18 heavy (non-hydrogen) atoms. The van der Waals surface area contributed by atoms with Gasteiger partial charge in [0.1, 0.15) is 0 Å². The van der Waals surface area contributed by atoms with Crippen molar-refractivity contribution in [3.05, 3.63) is 21.9 Å². The second-order valence-corrected chi connectivity index (χ2v) is 7.44. The average molecular weight is 265 g/mol. The summed E-state index contributed by atoms with van der Waals surface area (Å²) in [7, 11) is 0. The molecule has 0 radical (unpaired) electrons. The predicted octanol–water partition coefficient (Wildman–Crippen LogP) is 4.75. The van der Waals surface area contributed by atoms with Crippen molar-refractivity contribution in [2.75, 3.05) is 6.54 Å². The normalized spacial score (nSPS) is 18.7. The molecule has 0 saturated heterocycles. The fourth-order valence-corrected chi connectivity index (χ4v) is 4.35. The quantitative estimate of drug-likeness (QED) is 0.782. The number of hydrogen-bond acceptors (Lipinski definition) is 2. The first kappa shape index (κ1) is 14.1. The van der Waals surface area contributed by atoms with Crippen molar-refractivity contribution in [3.8, 4) is 0 Å². The highest BCUT2D eigenvalue weighted by Gasteiger charge is 2.33. The van der Waals surface area contributed by atoms with Crippen molar-refractivity contribution >= 4 is 11.3 Å². The summed E-state index contributed by atoms with van der Waals surface area (Å²) in [6.45, 7) is 9.21. The van der Waals surface area contributed by atoms with Crippen molar-refractivity contribution in [1.82, 2.24) is 5.32 Å². The van der Waals surface area contributed by atoms with E-state index in [9.17, 15) is 0 Å². The SMILES string of the molecule is Cc1ccsc1CNCC1(CC(C)C)CCCC1. The first-order valence-corrected chi connectivity index (χ1v) is 8.23. The Kier molecular flexibility index (Phi) is 4.85. The second-order valence-electron chi connectivity index (χ2n) is 6.44. The van der Waals surface area contributed by atoms with Crippen LogP contribution in [0.5, 0.6) is 0 Å². The highest BCUT2D eigenvalue weighted by Crippen LogP contribution is 2.42. The number of nitrogens with one attached hydrogen (secondary N) is 1. The summed E-state index contributed by atoms with van der Waals surface area (Å²) in [5, 5.41) is 5.93. The van der Waals surface area contributed by atoms with Crippen LogP contribution < -0.4 is 5.32 Å². The molecule has 1 nitrogen and oxygen atoms in total. The van der Waals surface area contributed by atoms with Crippen LogP contribution in [0.2, 0.25) is 0 Å². The lowest BCUT2D eigenvalue weighted by Crippen LogP contribution is -2.33. The van der Waals surface area contributed by atoms with Crippen LogP contribution >= 0.6 is 11.3 Å². The minimum atomic E-state index is 0.597. The summed E-state index contributed by atoms with van der Waals surface area (Å²) in [5.74, 6) is 0.827. The molecule has 1 aromatic rings. The third kappa shape index (κ3) is 3.58. The van der Waals surface area contributed by atoms with Gasteiger partial charge in [-0.1, -0.05) is 26.7 Å². The molecule has 2 rings (SSSR count). The molecule has 0 aromatic carbocycles. The van der Waals surface area contributed by atoms with Gasteiger partial charge in [-0.3, -0.25) is 0 Å². The fourth-order valence-electron chi connectivity index (χ4n) is 3.47. The molecule has 1 aliphatic rings. The number of aryl methyl sites for hydroxylation is 1. The van der Waals surface area contributed by atoms with E-state index in [1.807, 2.05) is 11.3 Å². The molecule has 0 spiro atoms. The van der Waals surface area contributed by atoms with E-state index in [1.165, 1.54) is 49.1 Å². The van der Waals surface area contributed by atoms with Gasteiger partial charge in [0.25, 0.3) is 0 Å². The lowest BCUT2D eigenvalue weighted by molar-refractivity contribution is 0.223. The van der Waals surface area contributed by atoms with Gasteiger partial charge in [-0.05, 0) is 54.5 Å². The smallest absolute Gasteiger partial charge is 0.0302 e. The zero-order valence-electron chi connectivity index (χ0n) is 12.1. The molecular formula is C16H27NS. The van der Waals surface area contributed by atoms with Gasteiger partial charge in [-0.2, -0.15) is 0 Å². The summed E-state index contributed by atoms with van der Waals surface area (Å²) in [6, 6.07) is 2.22. The van der Waals surface area contributed by atoms with E-state index in [2.05, 4.69) is 37.5 Å². The van der Waals surface area contributed by atoms with Crippen LogP contribution in [0, 0.1) is 18.3 Å². The van der Waals surface area contributed by atoms with Crippen molar-refractivity contribution in [3.63, 3.8) is 0 Å². The van der Waals surface area contributed by atoms with E-state index in [0.717, 1.165) is 12.5 Å². The Balaban J connectivity index is 1.85. The molecule has 1 saturated carbocycles. The third-order valence-corrected chi connectivity index (χ3v) is 5.28. The summed E-state index contributed by atoms with van der Waals surface area (Å²) in [6.07, 6.45) is 7.13. The molecule has 1 N–H and O–H groups in total. The maximum absolute atomic E-state index is 3.73. The Hall–Kier alpha value is -0.340. The molecule has 1 aliphatic carbocycles. The maximum atomic E-state index is 3.73. The van der Waals surface area contributed by atoms with Crippen LogP contribution in [0.3, 0.4) is 0 Å². The van der Waals surface area contributed by atoms with Gasteiger partial charge < -0.3 is 5.32 Å². The zero-order valence-corrected chi connectivity index (χ0v) is 12.9. The monoisotopic (exact) mass is 265 g/mol. The van der Waals surface area contributed by atoms with E-state index in [-0.39, 0.29) is 0 Å². The number of hydrogen-bond donors (Lipinski definition) is 1. The Labute approximate surface area is 116 Å². The highest BCUT2D eigenvalue weighted by molar-refractivity contribution is 7.10. The molecule has 0 aliphatic heterocycles. The van der Waals surface area contributed by atoms with Gasteiger partial charge in [0, 0.05) is 18.0 Å². The fraction of sp³-hybridized carbons (Fsp3) is 0.750. The standard InChI is InChI=1S/C16H27NS/c1-13(2)10-16(7-4-5-8-16)12-17-11-15-14(3)6-9-18-15/h6,9,13,17H,4-5,7-8,10-12H2,1-3H3. The highest BCUT2D eigenvalue weighted by atomic mass is 32.1. The lowest BCUT2D eigenvalue weighted by atomic mass is 9.78. The number of rotatable bonds is 6. The molecule has 2 heteroatoms. The third-order valence-electron chi connectivity index (χ3n) is 4.26. The van der Waals surface area contributed by atoms with Crippen molar-refractivity contribution < 1.29 is 0 Å². The molecular weight excluding hydrogens is 238 g/mol. The van der Waals surface area contributed by atoms with E-state index in [1.54, 1.807) is 0 Å². The molecule has 0 unspecified atom stereocenters. The molecule has 0 amide bonds. The van der Waals surface area contributed by atoms with Crippen LogP contribution in [0.4, 0.5) is 0 Å². The summed E-state index contributed by atoms with van der Waals surface area (Å²) >= 11 is 1.88. The van der Waals surface area contributed by atoms with Gasteiger partial charge in [0.2, 0.25) is 0 Å². The van der Waals surface area contributed by atoms with E-state index in [0.29, 0.717) is 5.41 Å². The van der Waals surface area contributed by atoms with E-state index >= 15 is 0 Å². The van der Waals surface area contributed by atoms with Crippen LogP contribution in [0.1, 0.15) is 56.4 Å². The van der Waals surface area contributed by atoms with Crippen LogP contribution in [0.25, 0.3) is 0 Å². The summed E-state index contributed by atoms with van der Waals surface area (Å²) in [5.41, 5.74) is 2.04. The molecule has 1 fully saturated rings. The van der Waals surface area contributed by atoms with Gasteiger partial charge >= 0.3 is 0 Å². The maximum Gasteiger partial charge on any atom is 0.0302 e. The Bertz CT molecular complexity index is 361. The average Bonchev–Trinajstić information content (AvgIpc) is 2.89. The molecule has 0 bridgehead atoms. The first-order valence-electron chi connectivity index (χ1n) is 7.35. The summed E-state index contributed by atoms with van der Waals surface area (Å²) < 4.78 is 0. The Morgan fingerprint density at radius 2 is 2.06 bits per heavy atom. The second kappa shape index (κ2) is 6.21. The summed E-state index contributed by atoms with van der Waals surface area (Å²) in [4.78, 5) is 1.51. The molecule has 1 aromatic heterocycles. The molecule has 102 valence electrons. The van der Waals surface area contributed by atoms with E-state index < -0.39 is 0 Å². The van der Waals surface area contributed by atoms with Gasteiger partial charge in [-0.15, -0.1) is 11.3 Å². The van der Waals surface area contributed by atoms with E-state index in [4.69, 9.17) is 0 Å². The first-order chi connectivity index (χ1) is 8.61. The van der Waals surface area contributed by atoms with Gasteiger partial charge in [-0.25, -0.2) is 0 Å². The minimum Gasteiger partial charge on any atom is -0.311 e. The topological polar surface area (TPSA) is 12.0 Å².